The molecular weight excluding hydrogens is 276 g/mol. The Morgan fingerprint density at radius 1 is 0.905 bits per heavy atom. The highest BCUT2D eigenvalue weighted by atomic mass is 16.7. The molecule has 0 heterocycles. The first kappa shape index (κ1) is 19.7. The molecule has 0 amide bonds. The highest BCUT2D eigenvalue weighted by Crippen LogP contribution is 2.16. The molecule has 1 atom stereocenters. The maximum atomic E-state index is 12.1. The van der Waals surface area contributed by atoms with Gasteiger partial charge in [0.25, 0.3) is 0 Å². The molecule has 0 fully saturated rings. The summed E-state index contributed by atoms with van der Waals surface area (Å²) in [6, 6.07) is 0. The molecular formula is C15H26O6. The largest absolute Gasteiger partial charge is 0.469 e. The van der Waals surface area contributed by atoms with E-state index in [9.17, 15) is 14.4 Å². The van der Waals surface area contributed by atoms with Gasteiger partial charge in [-0.3, -0.25) is 14.4 Å². The number of esters is 1. The number of hydrogen-bond acceptors (Lipinski definition) is 6. The lowest BCUT2D eigenvalue weighted by molar-refractivity contribution is -0.162. The van der Waals surface area contributed by atoms with Crippen LogP contribution in [0.4, 0.5) is 0 Å². The fraction of sp³-hybridized carbons (Fsp3) is 0.800. The van der Waals surface area contributed by atoms with Crippen LogP contribution in [0.3, 0.4) is 0 Å². The summed E-state index contributed by atoms with van der Waals surface area (Å²) in [6.07, 6.45) is 3.13. The Bertz CT molecular complexity index is 335. The van der Waals surface area contributed by atoms with Crippen molar-refractivity contribution in [1.29, 1.82) is 0 Å². The van der Waals surface area contributed by atoms with Gasteiger partial charge in [0.15, 0.2) is 5.78 Å². The van der Waals surface area contributed by atoms with Gasteiger partial charge in [-0.25, -0.2) is 0 Å². The maximum Gasteiger partial charge on any atom is 0.305 e. The Balaban J connectivity index is 4.09. The summed E-state index contributed by atoms with van der Waals surface area (Å²) in [5.74, 6) is -1.40. The third-order valence-corrected chi connectivity index (χ3v) is 3.35. The standard InChI is InChI=1S/C15H26O6/c1-11(16)12(14(18)15(20-3)21-4)9-7-5-6-8-10-13(17)19-2/h12,15H,5-10H2,1-4H3. The predicted molar refractivity (Wildman–Crippen MR) is 76.7 cm³/mol. The fourth-order valence-electron chi connectivity index (χ4n) is 2.11. The minimum atomic E-state index is -0.988. The second kappa shape index (κ2) is 11.4. The van der Waals surface area contributed by atoms with Crippen molar-refractivity contribution in [2.75, 3.05) is 21.3 Å². The zero-order valence-corrected chi connectivity index (χ0v) is 13.3. The smallest absolute Gasteiger partial charge is 0.305 e. The Morgan fingerprint density at radius 2 is 1.48 bits per heavy atom. The molecule has 21 heavy (non-hydrogen) atoms. The number of Topliss-reactive ketones (excluding diaryl/α,β-unsaturated/α-hetero) is 2. The highest BCUT2D eigenvalue weighted by molar-refractivity contribution is 6.02. The minimum Gasteiger partial charge on any atom is -0.469 e. The van der Waals surface area contributed by atoms with Gasteiger partial charge in [-0.1, -0.05) is 19.3 Å². The number of carbonyl (C=O) groups is 3. The number of rotatable bonds is 12. The van der Waals surface area contributed by atoms with Crippen LogP contribution in [-0.2, 0) is 28.6 Å². The lowest BCUT2D eigenvalue weighted by atomic mass is 9.92. The quantitative estimate of drug-likeness (QED) is 0.237. The van der Waals surface area contributed by atoms with Crippen LogP contribution in [-0.4, -0.2) is 45.2 Å². The molecule has 6 heteroatoms. The number of hydrogen-bond donors (Lipinski definition) is 0. The molecule has 6 nitrogen and oxygen atoms in total. The fourth-order valence-corrected chi connectivity index (χ4v) is 2.11. The van der Waals surface area contributed by atoms with Crippen molar-refractivity contribution in [1.82, 2.24) is 0 Å². The lowest BCUT2D eigenvalue weighted by Crippen LogP contribution is -2.34. The summed E-state index contributed by atoms with van der Waals surface area (Å²) < 4.78 is 14.4. The van der Waals surface area contributed by atoms with Crippen molar-refractivity contribution in [3.8, 4) is 0 Å². The molecule has 0 N–H and O–H groups in total. The van der Waals surface area contributed by atoms with E-state index in [-0.39, 0.29) is 17.5 Å². The van der Waals surface area contributed by atoms with Crippen molar-refractivity contribution >= 4 is 17.5 Å². The average Bonchev–Trinajstić information content (AvgIpc) is 2.46. The molecule has 1 unspecified atom stereocenters. The van der Waals surface area contributed by atoms with E-state index in [1.165, 1.54) is 28.3 Å². The van der Waals surface area contributed by atoms with Crippen LogP contribution in [0.2, 0.25) is 0 Å². The van der Waals surface area contributed by atoms with Crippen LogP contribution in [0, 0.1) is 5.92 Å². The third kappa shape index (κ3) is 7.92. The lowest BCUT2D eigenvalue weighted by Gasteiger charge is -2.18. The van der Waals surface area contributed by atoms with Crippen LogP contribution < -0.4 is 0 Å². The van der Waals surface area contributed by atoms with E-state index in [0.29, 0.717) is 12.8 Å². The molecule has 0 aliphatic carbocycles. The molecule has 0 aliphatic rings. The Hall–Kier alpha value is -1.27. The van der Waals surface area contributed by atoms with E-state index in [1.54, 1.807) is 0 Å². The first-order chi connectivity index (χ1) is 9.97. The molecule has 0 bridgehead atoms. The zero-order valence-electron chi connectivity index (χ0n) is 13.3. The number of ketones is 2. The van der Waals surface area contributed by atoms with Gasteiger partial charge in [0, 0.05) is 20.6 Å². The first-order valence-electron chi connectivity index (χ1n) is 7.14. The maximum absolute atomic E-state index is 12.1. The van der Waals surface area contributed by atoms with Crippen LogP contribution >= 0.6 is 0 Å². The van der Waals surface area contributed by atoms with E-state index in [2.05, 4.69) is 4.74 Å². The molecule has 0 radical (unpaired) electrons. The minimum absolute atomic E-state index is 0.173. The predicted octanol–water partition coefficient (Wildman–Crippen LogP) is 1.89. The number of unbranched alkanes of at least 4 members (excludes halogenated alkanes) is 3. The van der Waals surface area contributed by atoms with Crippen LogP contribution in [0.5, 0.6) is 0 Å². The molecule has 122 valence electrons. The van der Waals surface area contributed by atoms with Gasteiger partial charge >= 0.3 is 5.97 Å². The molecule has 0 saturated carbocycles. The third-order valence-electron chi connectivity index (χ3n) is 3.35. The summed E-state index contributed by atoms with van der Waals surface area (Å²) in [4.78, 5) is 34.6. The molecule has 0 saturated heterocycles. The van der Waals surface area contributed by atoms with E-state index in [4.69, 9.17) is 9.47 Å². The second-order valence-electron chi connectivity index (χ2n) is 4.90. The SMILES string of the molecule is COC(=O)CCCCCCC(C(C)=O)C(=O)C(OC)OC. The molecule has 0 rings (SSSR count). The summed E-state index contributed by atoms with van der Waals surface area (Å²) in [7, 11) is 4.11. The van der Waals surface area contributed by atoms with Gasteiger partial charge < -0.3 is 14.2 Å². The van der Waals surface area contributed by atoms with Crippen molar-refractivity contribution in [3.05, 3.63) is 0 Å². The van der Waals surface area contributed by atoms with Gasteiger partial charge in [0.05, 0.1) is 13.0 Å². The molecule has 0 spiro atoms. The van der Waals surface area contributed by atoms with E-state index >= 15 is 0 Å². The van der Waals surface area contributed by atoms with Gasteiger partial charge in [-0.2, -0.15) is 0 Å². The monoisotopic (exact) mass is 302 g/mol. The summed E-state index contributed by atoms with van der Waals surface area (Å²) in [5.41, 5.74) is 0. The first-order valence-corrected chi connectivity index (χ1v) is 7.14. The molecule has 0 aliphatic heterocycles. The molecule has 0 aromatic rings. The Kier molecular flexibility index (Phi) is 10.7. The normalized spacial score (nSPS) is 12.2. The molecule has 0 aromatic heterocycles. The Labute approximate surface area is 126 Å². The number of ether oxygens (including phenoxy) is 3. The van der Waals surface area contributed by atoms with Gasteiger partial charge in [-0.15, -0.1) is 0 Å². The van der Waals surface area contributed by atoms with Crippen molar-refractivity contribution in [2.45, 2.75) is 51.7 Å². The zero-order chi connectivity index (χ0) is 16.3. The van der Waals surface area contributed by atoms with Crippen molar-refractivity contribution < 1.29 is 28.6 Å². The number of methoxy groups -OCH3 is 3. The van der Waals surface area contributed by atoms with Crippen molar-refractivity contribution in [2.24, 2.45) is 5.92 Å². The number of carbonyl (C=O) groups excluding carboxylic acids is 3. The van der Waals surface area contributed by atoms with Crippen LogP contribution in [0.1, 0.15) is 45.4 Å². The molecule has 0 aromatic carbocycles. The average molecular weight is 302 g/mol. The summed E-state index contributed by atoms with van der Waals surface area (Å²) >= 11 is 0. The topological polar surface area (TPSA) is 78.9 Å². The van der Waals surface area contributed by atoms with Crippen LogP contribution in [0.15, 0.2) is 0 Å². The highest BCUT2D eigenvalue weighted by Gasteiger charge is 2.29. The summed E-state index contributed by atoms with van der Waals surface area (Å²) in [6.45, 7) is 1.40. The van der Waals surface area contributed by atoms with Gasteiger partial charge in [0.2, 0.25) is 6.29 Å². The van der Waals surface area contributed by atoms with E-state index in [0.717, 1.165) is 25.7 Å². The Morgan fingerprint density at radius 3 is 1.95 bits per heavy atom. The van der Waals surface area contributed by atoms with E-state index in [1.807, 2.05) is 0 Å². The van der Waals surface area contributed by atoms with Gasteiger partial charge in [-0.05, 0) is 19.8 Å². The summed E-state index contributed by atoms with van der Waals surface area (Å²) in [5, 5.41) is 0. The van der Waals surface area contributed by atoms with Crippen molar-refractivity contribution in [3.63, 3.8) is 0 Å². The van der Waals surface area contributed by atoms with Gasteiger partial charge in [0.1, 0.15) is 5.78 Å². The van der Waals surface area contributed by atoms with Crippen LogP contribution in [0.25, 0.3) is 0 Å². The second-order valence-corrected chi connectivity index (χ2v) is 4.90. The van der Waals surface area contributed by atoms with E-state index < -0.39 is 12.2 Å².